The van der Waals surface area contributed by atoms with Crippen LogP contribution in [0.1, 0.15) is 30.8 Å². The summed E-state index contributed by atoms with van der Waals surface area (Å²) in [6, 6.07) is 0. The third-order valence-corrected chi connectivity index (χ3v) is 1.77. The van der Waals surface area contributed by atoms with Crippen LogP contribution in [0.25, 0.3) is 0 Å². The Labute approximate surface area is 84.0 Å². The Morgan fingerprint density at radius 2 is 2.21 bits per heavy atom. The van der Waals surface area contributed by atoms with Crippen LogP contribution in [0.4, 0.5) is 0 Å². The molecule has 0 saturated heterocycles. The van der Waals surface area contributed by atoms with Crippen LogP contribution in [0.15, 0.2) is 12.4 Å². The molecular formula is C10H16N2O2. The molecule has 14 heavy (non-hydrogen) atoms. The average Bonchev–Trinajstić information content (AvgIpc) is 2.19. The summed E-state index contributed by atoms with van der Waals surface area (Å²) in [4.78, 5) is 8.11. The standard InChI is InChI=1S/C10H16N2O2/c1-3-4-14-7-10(13)9-6-11-8(2)5-12-9/h5-6,10,13H,3-4,7H2,1-2H3. The van der Waals surface area contributed by atoms with Gasteiger partial charge in [0.05, 0.1) is 24.2 Å². The molecule has 1 unspecified atom stereocenters. The largest absolute Gasteiger partial charge is 0.384 e. The molecule has 4 heteroatoms. The molecule has 1 rings (SSSR count). The van der Waals surface area contributed by atoms with Crippen molar-refractivity contribution in [2.24, 2.45) is 0 Å². The quantitative estimate of drug-likeness (QED) is 0.720. The molecule has 0 aliphatic rings. The molecule has 1 atom stereocenters. The summed E-state index contributed by atoms with van der Waals surface area (Å²) in [6.07, 6.45) is 3.50. The SMILES string of the molecule is CCCOCC(O)c1cnc(C)cn1. The first-order valence-corrected chi connectivity index (χ1v) is 4.78. The molecule has 1 heterocycles. The number of hydrogen-bond acceptors (Lipinski definition) is 4. The van der Waals surface area contributed by atoms with Crippen LogP contribution < -0.4 is 0 Å². The summed E-state index contributed by atoms with van der Waals surface area (Å²) in [5, 5.41) is 9.61. The molecule has 0 fully saturated rings. The lowest BCUT2D eigenvalue weighted by Crippen LogP contribution is -2.09. The zero-order valence-corrected chi connectivity index (χ0v) is 8.60. The van der Waals surface area contributed by atoms with Crippen LogP contribution >= 0.6 is 0 Å². The fraction of sp³-hybridized carbons (Fsp3) is 0.600. The second-order valence-corrected chi connectivity index (χ2v) is 3.17. The van der Waals surface area contributed by atoms with Gasteiger partial charge in [-0.25, -0.2) is 0 Å². The topological polar surface area (TPSA) is 55.2 Å². The highest BCUT2D eigenvalue weighted by Crippen LogP contribution is 2.08. The number of nitrogens with zero attached hydrogens (tertiary/aromatic N) is 2. The molecular weight excluding hydrogens is 180 g/mol. The third-order valence-electron chi connectivity index (χ3n) is 1.77. The first-order valence-electron chi connectivity index (χ1n) is 4.78. The highest BCUT2D eigenvalue weighted by atomic mass is 16.5. The van der Waals surface area contributed by atoms with E-state index in [1.807, 2.05) is 13.8 Å². The fourth-order valence-corrected chi connectivity index (χ4v) is 0.999. The van der Waals surface area contributed by atoms with E-state index in [0.29, 0.717) is 12.3 Å². The van der Waals surface area contributed by atoms with Gasteiger partial charge in [-0.2, -0.15) is 0 Å². The molecule has 0 aliphatic heterocycles. The van der Waals surface area contributed by atoms with Crippen molar-refractivity contribution in [2.75, 3.05) is 13.2 Å². The van der Waals surface area contributed by atoms with Crippen molar-refractivity contribution in [3.05, 3.63) is 23.8 Å². The summed E-state index contributed by atoms with van der Waals surface area (Å²) in [5.74, 6) is 0. The number of aliphatic hydroxyl groups is 1. The van der Waals surface area contributed by atoms with E-state index in [1.54, 1.807) is 12.4 Å². The molecule has 0 amide bonds. The molecule has 4 nitrogen and oxygen atoms in total. The van der Waals surface area contributed by atoms with Gasteiger partial charge in [0.25, 0.3) is 0 Å². The molecule has 78 valence electrons. The minimum absolute atomic E-state index is 0.283. The van der Waals surface area contributed by atoms with Crippen molar-refractivity contribution < 1.29 is 9.84 Å². The van der Waals surface area contributed by atoms with E-state index < -0.39 is 6.10 Å². The minimum atomic E-state index is -0.672. The van der Waals surface area contributed by atoms with Crippen molar-refractivity contribution in [3.63, 3.8) is 0 Å². The van der Waals surface area contributed by atoms with Gasteiger partial charge in [0.1, 0.15) is 6.10 Å². The number of aromatic nitrogens is 2. The van der Waals surface area contributed by atoms with Gasteiger partial charge in [-0.05, 0) is 13.3 Å². The van der Waals surface area contributed by atoms with Crippen LogP contribution in [-0.4, -0.2) is 28.3 Å². The number of hydrogen-bond donors (Lipinski definition) is 1. The fourth-order valence-electron chi connectivity index (χ4n) is 0.999. The second-order valence-electron chi connectivity index (χ2n) is 3.17. The summed E-state index contributed by atoms with van der Waals surface area (Å²) >= 11 is 0. The Hall–Kier alpha value is -1.00. The maximum Gasteiger partial charge on any atom is 0.121 e. The molecule has 0 saturated carbocycles. The molecule has 0 spiro atoms. The van der Waals surface area contributed by atoms with Gasteiger partial charge in [-0.15, -0.1) is 0 Å². The molecule has 1 N–H and O–H groups in total. The van der Waals surface area contributed by atoms with Crippen LogP contribution in [0.2, 0.25) is 0 Å². The van der Waals surface area contributed by atoms with E-state index in [1.165, 1.54) is 0 Å². The highest BCUT2D eigenvalue weighted by Gasteiger charge is 2.08. The van der Waals surface area contributed by atoms with Crippen LogP contribution in [0.5, 0.6) is 0 Å². The van der Waals surface area contributed by atoms with E-state index in [2.05, 4.69) is 9.97 Å². The normalized spacial score (nSPS) is 12.8. The van der Waals surface area contributed by atoms with Crippen molar-refractivity contribution >= 4 is 0 Å². The Morgan fingerprint density at radius 1 is 1.43 bits per heavy atom. The maximum atomic E-state index is 9.61. The third kappa shape index (κ3) is 3.40. The second kappa shape index (κ2) is 5.67. The summed E-state index contributed by atoms with van der Waals surface area (Å²) in [5.41, 5.74) is 1.40. The van der Waals surface area contributed by atoms with E-state index in [4.69, 9.17) is 4.74 Å². The lowest BCUT2D eigenvalue weighted by atomic mass is 10.3. The summed E-state index contributed by atoms with van der Waals surface area (Å²) in [6.45, 7) is 4.83. The molecule has 1 aromatic rings. The Balaban J connectivity index is 2.43. The minimum Gasteiger partial charge on any atom is -0.384 e. The van der Waals surface area contributed by atoms with Crippen molar-refractivity contribution in [1.82, 2.24) is 9.97 Å². The zero-order chi connectivity index (χ0) is 10.4. The van der Waals surface area contributed by atoms with Crippen LogP contribution in [0.3, 0.4) is 0 Å². The molecule has 0 bridgehead atoms. The van der Waals surface area contributed by atoms with Crippen LogP contribution in [0, 0.1) is 6.92 Å². The van der Waals surface area contributed by atoms with Crippen molar-refractivity contribution in [2.45, 2.75) is 26.4 Å². The highest BCUT2D eigenvalue weighted by molar-refractivity contribution is 5.03. The van der Waals surface area contributed by atoms with Gasteiger partial charge in [0.2, 0.25) is 0 Å². The average molecular weight is 196 g/mol. The van der Waals surface area contributed by atoms with Gasteiger partial charge >= 0.3 is 0 Å². The van der Waals surface area contributed by atoms with Gasteiger partial charge < -0.3 is 9.84 Å². The predicted molar refractivity (Wildman–Crippen MR) is 52.8 cm³/mol. The van der Waals surface area contributed by atoms with Crippen LogP contribution in [-0.2, 0) is 4.74 Å². The maximum absolute atomic E-state index is 9.61. The smallest absolute Gasteiger partial charge is 0.121 e. The Bertz CT molecular complexity index is 261. The lowest BCUT2D eigenvalue weighted by molar-refractivity contribution is 0.0340. The first-order chi connectivity index (χ1) is 6.74. The predicted octanol–water partition coefficient (Wildman–Crippen LogP) is 1.25. The number of rotatable bonds is 5. The first kappa shape index (κ1) is 11.1. The summed E-state index contributed by atoms with van der Waals surface area (Å²) < 4.78 is 5.21. The van der Waals surface area contributed by atoms with E-state index >= 15 is 0 Å². The monoisotopic (exact) mass is 196 g/mol. The number of aryl methyl sites for hydroxylation is 1. The van der Waals surface area contributed by atoms with Crippen molar-refractivity contribution in [3.8, 4) is 0 Å². The Morgan fingerprint density at radius 3 is 2.79 bits per heavy atom. The molecule has 0 radical (unpaired) electrons. The van der Waals surface area contributed by atoms with Gasteiger partial charge in [-0.1, -0.05) is 6.92 Å². The van der Waals surface area contributed by atoms with E-state index in [-0.39, 0.29) is 6.61 Å². The Kier molecular flexibility index (Phi) is 4.49. The molecule has 0 aliphatic carbocycles. The number of ether oxygens (including phenoxy) is 1. The van der Waals surface area contributed by atoms with Crippen molar-refractivity contribution in [1.29, 1.82) is 0 Å². The zero-order valence-electron chi connectivity index (χ0n) is 8.60. The van der Waals surface area contributed by atoms with Gasteiger partial charge in [0, 0.05) is 12.8 Å². The van der Waals surface area contributed by atoms with E-state index in [0.717, 1.165) is 12.1 Å². The van der Waals surface area contributed by atoms with Gasteiger partial charge in [0.15, 0.2) is 0 Å². The lowest BCUT2D eigenvalue weighted by Gasteiger charge is -2.09. The molecule has 1 aromatic heterocycles. The summed E-state index contributed by atoms with van der Waals surface area (Å²) in [7, 11) is 0. The van der Waals surface area contributed by atoms with Gasteiger partial charge in [-0.3, -0.25) is 9.97 Å². The number of aliphatic hydroxyl groups excluding tert-OH is 1. The molecule has 0 aromatic carbocycles. The van der Waals surface area contributed by atoms with E-state index in [9.17, 15) is 5.11 Å².